The van der Waals surface area contributed by atoms with Crippen LogP contribution in [-0.2, 0) is 4.79 Å². The van der Waals surface area contributed by atoms with E-state index in [0.29, 0.717) is 18.4 Å². The van der Waals surface area contributed by atoms with E-state index in [-0.39, 0.29) is 5.82 Å². The van der Waals surface area contributed by atoms with Gasteiger partial charge in [0.2, 0.25) is 5.91 Å². The second kappa shape index (κ2) is 5.45. The molecular formula is C13H16FNO. The minimum Gasteiger partial charge on any atom is -0.366 e. The van der Waals surface area contributed by atoms with E-state index in [1.807, 2.05) is 13.8 Å². The number of hydrogen-bond donors (Lipinski definition) is 1. The Labute approximate surface area is 95.0 Å². The molecule has 0 unspecified atom stereocenters. The van der Waals surface area contributed by atoms with E-state index < -0.39 is 5.91 Å². The Morgan fingerprint density at radius 2 is 1.75 bits per heavy atom. The number of allylic oxidation sites excluding steroid dienone is 1. The molecule has 1 amide bonds. The number of amides is 1. The normalized spacial score (nSPS) is 12.2. The molecule has 1 rings (SSSR count). The highest BCUT2D eigenvalue weighted by molar-refractivity contribution is 6.00. The Hall–Kier alpha value is -1.64. The van der Waals surface area contributed by atoms with Gasteiger partial charge in [0.05, 0.1) is 0 Å². The van der Waals surface area contributed by atoms with Crippen LogP contribution in [0.25, 0.3) is 5.57 Å². The van der Waals surface area contributed by atoms with Gasteiger partial charge >= 0.3 is 0 Å². The predicted octanol–water partition coefficient (Wildman–Crippen LogP) is 2.88. The fourth-order valence-corrected chi connectivity index (χ4v) is 1.78. The molecular weight excluding hydrogens is 205 g/mol. The summed E-state index contributed by atoms with van der Waals surface area (Å²) >= 11 is 0. The summed E-state index contributed by atoms with van der Waals surface area (Å²) in [6, 6.07) is 6.12. The van der Waals surface area contributed by atoms with Crippen LogP contribution >= 0.6 is 0 Å². The van der Waals surface area contributed by atoms with Gasteiger partial charge in [0.1, 0.15) is 5.82 Å². The SMILES string of the molecule is CCC(C(N)=O)=C(CC)c1ccc(F)cc1. The lowest BCUT2D eigenvalue weighted by Crippen LogP contribution is -2.15. The van der Waals surface area contributed by atoms with Gasteiger partial charge in [-0.1, -0.05) is 26.0 Å². The number of halogens is 1. The lowest BCUT2D eigenvalue weighted by atomic mass is 9.95. The summed E-state index contributed by atoms with van der Waals surface area (Å²) in [7, 11) is 0. The third-order valence-electron chi connectivity index (χ3n) is 2.56. The maximum absolute atomic E-state index is 12.8. The van der Waals surface area contributed by atoms with Crippen molar-refractivity contribution in [3.8, 4) is 0 Å². The molecule has 16 heavy (non-hydrogen) atoms. The van der Waals surface area contributed by atoms with E-state index >= 15 is 0 Å². The van der Waals surface area contributed by atoms with Crippen molar-refractivity contribution in [2.75, 3.05) is 0 Å². The average Bonchev–Trinajstić information content (AvgIpc) is 2.26. The van der Waals surface area contributed by atoms with Crippen LogP contribution in [0, 0.1) is 5.82 Å². The van der Waals surface area contributed by atoms with E-state index in [4.69, 9.17) is 5.73 Å². The highest BCUT2D eigenvalue weighted by Gasteiger charge is 2.10. The van der Waals surface area contributed by atoms with Crippen molar-refractivity contribution >= 4 is 11.5 Å². The van der Waals surface area contributed by atoms with Crippen LogP contribution in [0.1, 0.15) is 32.3 Å². The first-order valence-corrected chi connectivity index (χ1v) is 5.37. The summed E-state index contributed by atoms with van der Waals surface area (Å²) in [5.41, 5.74) is 7.70. The molecule has 0 bridgehead atoms. The molecule has 1 aromatic rings. The highest BCUT2D eigenvalue weighted by atomic mass is 19.1. The van der Waals surface area contributed by atoms with Gasteiger partial charge in [0.15, 0.2) is 0 Å². The standard InChI is InChI=1S/C13H16FNO/c1-3-11(12(4-2)13(15)16)9-5-7-10(14)8-6-9/h5-8H,3-4H2,1-2H3,(H2,15,16). The van der Waals surface area contributed by atoms with Gasteiger partial charge in [-0.05, 0) is 36.1 Å². The van der Waals surface area contributed by atoms with Crippen LogP contribution in [0.15, 0.2) is 29.8 Å². The Morgan fingerprint density at radius 1 is 1.19 bits per heavy atom. The quantitative estimate of drug-likeness (QED) is 0.780. The predicted molar refractivity (Wildman–Crippen MR) is 63.1 cm³/mol. The fourth-order valence-electron chi connectivity index (χ4n) is 1.78. The van der Waals surface area contributed by atoms with Gasteiger partial charge in [-0.25, -0.2) is 4.39 Å². The monoisotopic (exact) mass is 221 g/mol. The fraction of sp³-hybridized carbons (Fsp3) is 0.308. The summed E-state index contributed by atoms with van der Waals surface area (Å²) in [4.78, 5) is 11.3. The molecule has 0 aliphatic rings. The molecule has 1 aromatic carbocycles. The van der Waals surface area contributed by atoms with Crippen LogP contribution in [0.3, 0.4) is 0 Å². The molecule has 0 heterocycles. The summed E-state index contributed by atoms with van der Waals surface area (Å²) in [6.07, 6.45) is 1.30. The molecule has 0 saturated carbocycles. The van der Waals surface area contributed by atoms with Crippen LogP contribution < -0.4 is 5.73 Å². The van der Waals surface area contributed by atoms with Gasteiger partial charge in [0.25, 0.3) is 0 Å². The Morgan fingerprint density at radius 3 is 2.12 bits per heavy atom. The van der Waals surface area contributed by atoms with E-state index in [0.717, 1.165) is 11.1 Å². The molecule has 2 N–H and O–H groups in total. The van der Waals surface area contributed by atoms with Gasteiger partial charge in [-0.2, -0.15) is 0 Å². The Balaban J connectivity index is 3.24. The molecule has 0 saturated heterocycles. The molecule has 2 nitrogen and oxygen atoms in total. The van der Waals surface area contributed by atoms with Crippen LogP contribution in [0.5, 0.6) is 0 Å². The van der Waals surface area contributed by atoms with Crippen molar-refractivity contribution in [1.29, 1.82) is 0 Å². The van der Waals surface area contributed by atoms with Gasteiger partial charge in [0, 0.05) is 5.57 Å². The zero-order valence-corrected chi connectivity index (χ0v) is 9.59. The maximum atomic E-state index is 12.8. The van der Waals surface area contributed by atoms with Crippen LogP contribution in [0.4, 0.5) is 4.39 Å². The molecule has 0 aliphatic heterocycles. The number of benzene rings is 1. The molecule has 0 atom stereocenters. The number of rotatable bonds is 4. The summed E-state index contributed by atoms with van der Waals surface area (Å²) < 4.78 is 12.8. The van der Waals surface area contributed by atoms with Crippen molar-refractivity contribution in [3.63, 3.8) is 0 Å². The number of hydrogen-bond acceptors (Lipinski definition) is 1. The van der Waals surface area contributed by atoms with Gasteiger partial charge in [-0.15, -0.1) is 0 Å². The number of primary amides is 1. The minimum absolute atomic E-state index is 0.281. The van der Waals surface area contributed by atoms with Crippen LogP contribution in [0.2, 0.25) is 0 Å². The smallest absolute Gasteiger partial charge is 0.244 e. The zero-order valence-electron chi connectivity index (χ0n) is 9.59. The first-order valence-electron chi connectivity index (χ1n) is 5.37. The van der Waals surface area contributed by atoms with Gasteiger partial charge < -0.3 is 5.73 Å². The third-order valence-corrected chi connectivity index (χ3v) is 2.56. The van der Waals surface area contributed by atoms with E-state index in [9.17, 15) is 9.18 Å². The van der Waals surface area contributed by atoms with E-state index in [2.05, 4.69) is 0 Å². The molecule has 3 heteroatoms. The summed E-state index contributed by atoms with van der Waals surface area (Å²) in [5.74, 6) is -0.681. The van der Waals surface area contributed by atoms with Crippen molar-refractivity contribution in [1.82, 2.24) is 0 Å². The second-order valence-electron chi connectivity index (χ2n) is 3.54. The molecule has 86 valence electrons. The molecule has 0 aliphatic carbocycles. The van der Waals surface area contributed by atoms with Crippen molar-refractivity contribution in [2.24, 2.45) is 5.73 Å². The Kier molecular flexibility index (Phi) is 4.23. The zero-order chi connectivity index (χ0) is 12.1. The van der Waals surface area contributed by atoms with E-state index in [1.54, 1.807) is 12.1 Å². The van der Waals surface area contributed by atoms with Crippen molar-refractivity contribution in [3.05, 3.63) is 41.2 Å². The topological polar surface area (TPSA) is 43.1 Å². The summed E-state index contributed by atoms with van der Waals surface area (Å²) in [5, 5.41) is 0. The van der Waals surface area contributed by atoms with Crippen molar-refractivity contribution < 1.29 is 9.18 Å². The first kappa shape index (κ1) is 12.4. The summed E-state index contributed by atoms with van der Waals surface area (Å²) in [6.45, 7) is 3.84. The van der Waals surface area contributed by atoms with E-state index in [1.165, 1.54) is 12.1 Å². The first-order chi connectivity index (χ1) is 7.60. The molecule has 0 aromatic heterocycles. The highest BCUT2D eigenvalue weighted by Crippen LogP contribution is 2.24. The number of carbonyl (C=O) groups is 1. The third kappa shape index (κ3) is 2.69. The maximum Gasteiger partial charge on any atom is 0.244 e. The molecule has 0 fully saturated rings. The largest absolute Gasteiger partial charge is 0.366 e. The van der Waals surface area contributed by atoms with Crippen LogP contribution in [-0.4, -0.2) is 5.91 Å². The Bertz CT molecular complexity index is 406. The minimum atomic E-state index is -0.399. The number of carbonyl (C=O) groups excluding carboxylic acids is 1. The van der Waals surface area contributed by atoms with Gasteiger partial charge in [-0.3, -0.25) is 4.79 Å². The molecule has 0 spiro atoms. The molecule has 0 radical (unpaired) electrons. The number of nitrogens with two attached hydrogens (primary N) is 1. The lowest BCUT2D eigenvalue weighted by molar-refractivity contribution is -0.114. The average molecular weight is 221 g/mol. The van der Waals surface area contributed by atoms with Crippen molar-refractivity contribution in [2.45, 2.75) is 26.7 Å². The lowest BCUT2D eigenvalue weighted by Gasteiger charge is -2.10. The second-order valence-corrected chi connectivity index (χ2v) is 3.54.